The molecule has 1 aromatic rings. The van der Waals surface area contributed by atoms with Gasteiger partial charge in [-0.25, -0.2) is 8.42 Å². The molecule has 1 rings (SSSR count). The third kappa shape index (κ3) is 8.11. The van der Waals surface area contributed by atoms with Crippen molar-refractivity contribution >= 4 is 15.9 Å². The fourth-order valence-corrected chi connectivity index (χ4v) is 2.69. The second-order valence-corrected chi connectivity index (χ2v) is 7.40. The Balaban J connectivity index is 2.55. The van der Waals surface area contributed by atoms with Crippen molar-refractivity contribution in [2.75, 3.05) is 32.6 Å². The van der Waals surface area contributed by atoms with Crippen LogP contribution in [-0.2, 0) is 26.1 Å². The molecule has 1 amide bonds. The quantitative estimate of drug-likeness (QED) is 0.650. The molecule has 0 saturated heterocycles. The number of hydrogen-bond donors (Lipinski definition) is 1. The molecule has 0 atom stereocenters. The van der Waals surface area contributed by atoms with Gasteiger partial charge in [0.25, 0.3) is 0 Å². The Morgan fingerprint density at radius 3 is 2.48 bits per heavy atom. The van der Waals surface area contributed by atoms with E-state index in [-0.39, 0.29) is 19.0 Å². The zero-order valence-electron chi connectivity index (χ0n) is 14.0. The molecule has 7 heteroatoms. The molecular formula is C16H26N2O4S. The molecule has 130 valence electrons. The van der Waals surface area contributed by atoms with E-state index in [2.05, 4.69) is 5.32 Å². The van der Waals surface area contributed by atoms with Gasteiger partial charge in [0.15, 0.2) is 0 Å². The molecule has 0 aliphatic rings. The van der Waals surface area contributed by atoms with Crippen LogP contribution in [0.1, 0.15) is 24.5 Å². The van der Waals surface area contributed by atoms with Gasteiger partial charge in [-0.1, -0.05) is 29.8 Å². The summed E-state index contributed by atoms with van der Waals surface area (Å²) in [5.74, 6) is -0.306. The van der Waals surface area contributed by atoms with Gasteiger partial charge in [-0.3, -0.25) is 4.79 Å². The normalized spacial score (nSPS) is 11.7. The number of sulfonamides is 1. The summed E-state index contributed by atoms with van der Waals surface area (Å²) in [5, 5.41) is 2.71. The molecule has 0 aliphatic carbocycles. The largest absolute Gasteiger partial charge is 0.382 e. The van der Waals surface area contributed by atoms with Crippen LogP contribution in [0.5, 0.6) is 0 Å². The van der Waals surface area contributed by atoms with Crippen LogP contribution in [0, 0.1) is 6.92 Å². The smallest absolute Gasteiger partial charge is 0.235 e. The molecule has 0 heterocycles. The van der Waals surface area contributed by atoms with E-state index in [9.17, 15) is 13.2 Å². The van der Waals surface area contributed by atoms with E-state index < -0.39 is 10.0 Å². The number of carbonyl (C=O) groups excluding carboxylic acids is 1. The van der Waals surface area contributed by atoms with Gasteiger partial charge >= 0.3 is 0 Å². The van der Waals surface area contributed by atoms with Crippen molar-refractivity contribution in [3.05, 3.63) is 35.4 Å². The van der Waals surface area contributed by atoms with Crippen molar-refractivity contribution in [3.63, 3.8) is 0 Å². The Bertz CT molecular complexity index is 585. The van der Waals surface area contributed by atoms with Gasteiger partial charge in [-0.05, 0) is 25.8 Å². The van der Waals surface area contributed by atoms with Gasteiger partial charge in [0.1, 0.15) is 0 Å². The molecule has 1 N–H and O–H groups in total. The fraction of sp³-hybridized carbons (Fsp3) is 0.562. The number of amides is 1. The molecule has 0 aromatic heterocycles. The van der Waals surface area contributed by atoms with E-state index in [0.29, 0.717) is 26.2 Å². The summed E-state index contributed by atoms with van der Waals surface area (Å²) in [5.41, 5.74) is 1.96. The molecule has 0 bridgehead atoms. The van der Waals surface area contributed by atoms with Crippen molar-refractivity contribution in [1.82, 2.24) is 9.62 Å². The highest BCUT2D eigenvalue weighted by Crippen LogP contribution is 2.09. The molecule has 23 heavy (non-hydrogen) atoms. The lowest BCUT2D eigenvalue weighted by atomic mass is 10.1. The molecule has 0 aliphatic heterocycles. The minimum Gasteiger partial charge on any atom is -0.382 e. The second-order valence-electron chi connectivity index (χ2n) is 5.42. The van der Waals surface area contributed by atoms with Gasteiger partial charge in [0.05, 0.1) is 12.8 Å². The lowest BCUT2D eigenvalue weighted by molar-refractivity contribution is -0.121. The maximum atomic E-state index is 11.9. The lowest BCUT2D eigenvalue weighted by Crippen LogP contribution is -2.40. The fourth-order valence-electron chi connectivity index (χ4n) is 1.95. The van der Waals surface area contributed by atoms with Crippen LogP contribution >= 0.6 is 0 Å². The van der Waals surface area contributed by atoms with Gasteiger partial charge in [0, 0.05) is 26.3 Å². The first-order chi connectivity index (χ1) is 10.8. The van der Waals surface area contributed by atoms with E-state index in [4.69, 9.17) is 4.74 Å². The zero-order chi connectivity index (χ0) is 17.3. The maximum absolute atomic E-state index is 11.9. The molecule has 0 unspecified atom stereocenters. The summed E-state index contributed by atoms with van der Waals surface area (Å²) < 4.78 is 30.1. The van der Waals surface area contributed by atoms with Crippen molar-refractivity contribution in [2.45, 2.75) is 26.8 Å². The van der Waals surface area contributed by atoms with Gasteiger partial charge in [-0.2, -0.15) is 4.31 Å². The topological polar surface area (TPSA) is 75.7 Å². The van der Waals surface area contributed by atoms with Crippen LogP contribution in [0.4, 0.5) is 0 Å². The summed E-state index contributed by atoms with van der Waals surface area (Å²) >= 11 is 0. The SMILES string of the molecule is CCOCCCNC(=O)CN(Cc1ccc(C)cc1)S(C)(=O)=O. The number of ether oxygens (including phenoxy) is 1. The van der Waals surface area contributed by atoms with E-state index >= 15 is 0 Å². The van der Waals surface area contributed by atoms with Crippen molar-refractivity contribution in [2.24, 2.45) is 0 Å². The first-order valence-electron chi connectivity index (χ1n) is 7.68. The zero-order valence-corrected chi connectivity index (χ0v) is 14.9. The van der Waals surface area contributed by atoms with Crippen LogP contribution in [0.25, 0.3) is 0 Å². The number of hydrogen-bond acceptors (Lipinski definition) is 4. The average Bonchev–Trinajstić information content (AvgIpc) is 2.47. The summed E-state index contributed by atoms with van der Waals surface area (Å²) in [6.45, 7) is 5.58. The van der Waals surface area contributed by atoms with E-state index in [1.54, 1.807) is 0 Å². The van der Waals surface area contributed by atoms with E-state index in [1.165, 1.54) is 4.31 Å². The van der Waals surface area contributed by atoms with Gasteiger partial charge < -0.3 is 10.1 Å². The summed E-state index contributed by atoms with van der Waals surface area (Å²) in [6.07, 6.45) is 1.82. The Morgan fingerprint density at radius 1 is 1.26 bits per heavy atom. The van der Waals surface area contributed by atoms with Gasteiger partial charge in [0.2, 0.25) is 15.9 Å². The Morgan fingerprint density at radius 2 is 1.91 bits per heavy atom. The van der Waals surface area contributed by atoms with Crippen LogP contribution in [0.3, 0.4) is 0 Å². The number of rotatable bonds is 10. The first kappa shape index (κ1) is 19.6. The Kier molecular flexibility index (Phi) is 8.22. The van der Waals surface area contributed by atoms with E-state index in [1.807, 2.05) is 38.1 Å². The van der Waals surface area contributed by atoms with E-state index in [0.717, 1.165) is 17.4 Å². The summed E-state index contributed by atoms with van der Waals surface area (Å²) in [4.78, 5) is 11.9. The average molecular weight is 342 g/mol. The molecule has 0 saturated carbocycles. The minimum atomic E-state index is -3.46. The standard InChI is InChI=1S/C16H26N2O4S/c1-4-22-11-5-10-17-16(19)13-18(23(3,20)21)12-15-8-6-14(2)7-9-15/h6-9H,4-5,10-13H2,1-3H3,(H,17,19). The molecule has 0 spiro atoms. The number of nitrogens with one attached hydrogen (secondary N) is 1. The Hall–Kier alpha value is -1.44. The predicted octanol–water partition coefficient (Wildman–Crippen LogP) is 1.30. The highest BCUT2D eigenvalue weighted by molar-refractivity contribution is 7.88. The third-order valence-electron chi connectivity index (χ3n) is 3.26. The number of aryl methyl sites for hydroxylation is 1. The molecule has 0 fully saturated rings. The van der Waals surface area contributed by atoms with Crippen molar-refractivity contribution in [3.8, 4) is 0 Å². The first-order valence-corrected chi connectivity index (χ1v) is 9.53. The van der Waals surface area contributed by atoms with Crippen molar-refractivity contribution < 1.29 is 17.9 Å². The lowest BCUT2D eigenvalue weighted by Gasteiger charge is -2.19. The molecule has 1 aromatic carbocycles. The van der Waals surface area contributed by atoms with Crippen LogP contribution in [0.2, 0.25) is 0 Å². The highest BCUT2D eigenvalue weighted by Gasteiger charge is 2.20. The maximum Gasteiger partial charge on any atom is 0.235 e. The third-order valence-corrected chi connectivity index (χ3v) is 4.46. The van der Waals surface area contributed by atoms with Gasteiger partial charge in [-0.15, -0.1) is 0 Å². The summed E-state index contributed by atoms with van der Waals surface area (Å²) in [6, 6.07) is 7.58. The predicted molar refractivity (Wildman–Crippen MR) is 90.6 cm³/mol. The monoisotopic (exact) mass is 342 g/mol. The van der Waals surface area contributed by atoms with Crippen LogP contribution < -0.4 is 5.32 Å². The number of nitrogens with zero attached hydrogens (tertiary/aromatic N) is 1. The second kappa shape index (κ2) is 9.64. The van der Waals surface area contributed by atoms with Crippen LogP contribution in [0.15, 0.2) is 24.3 Å². The summed E-state index contributed by atoms with van der Waals surface area (Å²) in [7, 11) is -3.46. The molecule has 6 nitrogen and oxygen atoms in total. The number of benzene rings is 1. The Labute approximate surface area is 138 Å². The minimum absolute atomic E-state index is 0.179. The number of carbonyl (C=O) groups is 1. The molecule has 0 radical (unpaired) electrons. The van der Waals surface area contributed by atoms with Crippen molar-refractivity contribution in [1.29, 1.82) is 0 Å². The van der Waals surface area contributed by atoms with Crippen LogP contribution in [-0.4, -0.2) is 51.2 Å². The highest BCUT2D eigenvalue weighted by atomic mass is 32.2. The molecular weight excluding hydrogens is 316 g/mol.